The molecule has 1 aromatic carbocycles. The van der Waals surface area contributed by atoms with Crippen LogP contribution in [0.5, 0.6) is 0 Å². The largest absolute Gasteiger partial charge is 0.336 e. The lowest BCUT2D eigenvalue weighted by atomic mass is 10.2. The Morgan fingerprint density at radius 3 is 2.59 bits per heavy atom. The Labute approximate surface area is 177 Å². The van der Waals surface area contributed by atoms with E-state index < -0.39 is 0 Å². The Morgan fingerprint density at radius 1 is 1.03 bits per heavy atom. The Balaban J connectivity index is 1.41. The van der Waals surface area contributed by atoms with E-state index >= 15 is 0 Å². The Morgan fingerprint density at radius 2 is 1.83 bits per heavy atom. The molecule has 0 radical (unpaired) electrons. The Kier molecular flexibility index (Phi) is 4.55. The van der Waals surface area contributed by atoms with Crippen LogP contribution in [0, 0.1) is 0 Å². The summed E-state index contributed by atoms with van der Waals surface area (Å²) in [5, 5.41) is 10.7. The molecule has 142 valence electrons. The molecule has 0 aliphatic rings. The molecule has 0 fully saturated rings. The molecule has 0 amide bonds. The number of nitrogens with zero attached hydrogens (tertiary/aromatic N) is 5. The van der Waals surface area contributed by atoms with Crippen molar-refractivity contribution in [1.29, 1.82) is 0 Å². The first kappa shape index (κ1) is 17.9. The van der Waals surface area contributed by atoms with Crippen LogP contribution < -0.4 is 15.4 Å². The molecule has 4 aromatic heterocycles. The minimum absolute atomic E-state index is 0.222. The highest BCUT2D eigenvalue weighted by Gasteiger charge is 2.12. The number of halogens is 1. The van der Waals surface area contributed by atoms with Gasteiger partial charge in [-0.3, -0.25) is 9.78 Å². The molecular weight excluding hydrogens is 428 g/mol. The lowest BCUT2D eigenvalue weighted by Crippen LogP contribution is -2.24. The zero-order chi connectivity index (χ0) is 19.8. The normalized spacial score (nSPS) is 12.0. The van der Waals surface area contributed by atoms with Crippen molar-refractivity contribution in [3.63, 3.8) is 0 Å². The van der Waals surface area contributed by atoms with Gasteiger partial charge in [0, 0.05) is 40.1 Å². The molecule has 0 saturated heterocycles. The van der Waals surface area contributed by atoms with Crippen LogP contribution >= 0.6 is 34.3 Å². The summed E-state index contributed by atoms with van der Waals surface area (Å²) in [5.41, 5.74) is 2.41. The molecule has 29 heavy (non-hydrogen) atoms. The van der Waals surface area contributed by atoms with E-state index in [2.05, 4.69) is 25.4 Å². The molecule has 0 aliphatic carbocycles. The highest BCUT2D eigenvalue weighted by Crippen LogP contribution is 2.26. The van der Waals surface area contributed by atoms with Crippen molar-refractivity contribution in [3.05, 3.63) is 74.1 Å². The van der Waals surface area contributed by atoms with E-state index in [1.165, 1.54) is 27.2 Å². The quantitative estimate of drug-likeness (QED) is 0.462. The molecule has 0 unspecified atom stereocenters. The molecule has 4 heterocycles. The van der Waals surface area contributed by atoms with E-state index in [0.29, 0.717) is 25.5 Å². The lowest BCUT2D eigenvalue weighted by Gasteiger charge is -1.96. The Hall–Kier alpha value is -3.14. The number of thiazole rings is 2. The van der Waals surface area contributed by atoms with Gasteiger partial charge < -0.3 is 5.32 Å². The number of aromatic nitrogens is 5. The van der Waals surface area contributed by atoms with Crippen molar-refractivity contribution >= 4 is 50.6 Å². The maximum Gasteiger partial charge on any atom is 0.292 e. The first-order chi connectivity index (χ1) is 14.2. The van der Waals surface area contributed by atoms with Crippen molar-refractivity contribution in [2.45, 2.75) is 0 Å². The van der Waals surface area contributed by atoms with E-state index in [0.717, 1.165) is 16.8 Å². The summed E-state index contributed by atoms with van der Waals surface area (Å²) in [6.07, 6.45) is 4.97. The van der Waals surface area contributed by atoms with Crippen LogP contribution in [-0.4, -0.2) is 24.6 Å². The van der Waals surface area contributed by atoms with E-state index in [9.17, 15) is 4.79 Å². The average Bonchev–Trinajstić information content (AvgIpc) is 3.45. The first-order valence-corrected chi connectivity index (χ1v) is 10.5. The zero-order valence-electron chi connectivity index (χ0n) is 14.6. The fraction of sp³-hybridized carbons (Fsp3) is 0. The monoisotopic (exact) mass is 438 g/mol. The van der Waals surface area contributed by atoms with Gasteiger partial charge in [0.25, 0.3) is 5.56 Å². The molecule has 5 rings (SSSR count). The van der Waals surface area contributed by atoms with Gasteiger partial charge >= 0.3 is 0 Å². The third kappa shape index (κ3) is 3.51. The van der Waals surface area contributed by atoms with Gasteiger partial charge in [-0.05, 0) is 24.3 Å². The maximum absolute atomic E-state index is 12.6. The number of hydrogen-bond donors (Lipinski definition) is 1. The van der Waals surface area contributed by atoms with Crippen molar-refractivity contribution in [2.75, 3.05) is 5.32 Å². The van der Waals surface area contributed by atoms with Crippen molar-refractivity contribution in [1.82, 2.24) is 24.6 Å². The smallest absolute Gasteiger partial charge is 0.292 e. The summed E-state index contributed by atoms with van der Waals surface area (Å²) in [6.45, 7) is 0. The summed E-state index contributed by atoms with van der Waals surface area (Å²) < 4.78 is 1.82. The van der Waals surface area contributed by atoms with Crippen LogP contribution in [0.1, 0.15) is 0 Å². The Bertz CT molecular complexity index is 1410. The van der Waals surface area contributed by atoms with E-state index in [4.69, 9.17) is 11.6 Å². The van der Waals surface area contributed by atoms with Crippen LogP contribution in [0.3, 0.4) is 0 Å². The van der Waals surface area contributed by atoms with Crippen LogP contribution in [0.2, 0.25) is 5.02 Å². The van der Waals surface area contributed by atoms with Gasteiger partial charge in [0.15, 0.2) is 11.0 Å². The zero-order valence-corrected chi connectivity index (χ0v) is 17.0. The number of anilines is 1. The fourth-order valence-corrected chi connectivity index (χ4v) is 4.32. The number of hydrogen-bond acceptors (Lipinski definition) is 8. The minimum Gasteiger partial charge on any atom is -0.336 e. The fourth-order valence-electron chi connectivity index (χ4n) is 2.68. The van der Waals surface area contributed by atoms with Gasteiger partial charge in [-0.15, -0.1) is 16.4 Å². The minimum atomic E-state index is -0.222. The number of benzene rings is 1. The maximum atomic E-state index is 12.6. The highest BCUT2D eigenvalue weighted by molar-refractivity contribution is 7.15. The third-order valence-corrected chi connectivity index (χ3v) is 6.08. The van der Waals surface area contributed by atoms with Gasteiger partial charge in [-0.25, -0.2) is 4.98 Å². The molecule has 10 heteroatoms. The van der Waals surface area contributed by atoms with Crippen LogP contribution in [-0.2, 0) is 0 Å². The average molecular weight is 439 g/mol. The summed E-state index contributed by atoms with van der Waals surface area (Å²) in [6, 6.07) is 11.1. The predicted octanol–water partition coefficient (Wildman–Crippen LogP) is 3.56. The van der Waals surface area contributed by atoms with Crippen LogP contribution in [0.25, 0.3) is 33.8 Å². The van der Waals surface area contributed by atoms with E-state index in [-0.39, 0.29) is 5.56 Å². The number of fused-ring (bicyclic) bond motifs is 1. The SMILES string of the molecule is O=c1/c(=C/Nc2nc(-c3ccc(Cl)cc3)cs2)sc2nc(-c3ccncc3)nn12. The highest BCUT2D eigenvalue weighted by atomic mass is 35.5. The van der Waals surface area contributed by atoms with Gasteiger partial charge in [-0.2, -0.15) is 9.50 Å². The molecule has 0 bridgehead atoms. The van der Waals surface area contributed by atoms with Gasteiger partial charge in [0.05, 0.1) is 5.69 Å². The molecule has 0 saturated carbocycles. The molecule has 7 nitrogen and oxygen atoms in total. The van der Waals surface area contributed by atoms with Gasteiger partial charge in [-0.1, -0.05) is 35.1 Å². The molecular formula is C19H11ClN6OS2. The summed E-state index contributed by atoms with van der Waals surface area (Å²) in [7, 11) is 0. The van der Waals surface area contributed by atoms with Crippen LogP contribution in [0.15, 0.2) is 59.0 Å². The van der Waals surface area contributed by atoms with Gasteiger partial charge in [0.2, 0.25) is 4.96 Å². The lowest BCUT2D eigenvalue weighted by molar-refractivity contribution is 0.936. The standard InChI is InChI=1S/C19H11ClN6OS2/c20-13-3-1-11(2-4-13)14-10-28-18(23-14)22-9-15-17(27)26-19(29-15)24-16(25-26)12-5-7-21-8-6-12/h1-10H,(H,22,23)/b15-9-. The summed E-state index contributed by atoms with van der Waals surface area (Å²) in [5.74, 6) is 0.503. The second kappa shape index (κ2) is 7.36. The molecule has 1 N–H and O–H groups in total. The molecule has 0 spiro atoms. The third-order valence-electron chi connectivity index (χ3n) is 4.09. The molecule has 0 atom stereocenters. The number of rotatable bonds is 4. The second-order valence-corrected chi connectivity index (χ2v) is 8.27. The van der Waals surface area contributed by atoms with Crippen molar-refractivity contribution in [2.24, 2.45) is 0 Å². The first-order valence-electron chi connectivity index (χ1n) is 8.45. The van der Waals surface area contributed by atoms with E-state index in [1.54, 1.807) is 30.7 Å². The van der Waals surface area contributed by atoms with Crippen molar-refractivity contribution < 1.29 is 0 Å². The number of nitrogens with one attached hydrogen (secondary N) is 1. The number of pyridine rings is 1. The topological polar surface area (TPSA) is 85.1 Å². The second-order valence-electron chi connectivity index (χ2n) is 5.97. The molecule has 0 aliphatic heterocycles. The van der Waals surface area contributed by atoms with E-state index in [1.807, 2.05) is 29.6 Å². The van der Waals surface area contributed by atoms with Crippen molar-refractivity contribution in [3.8, 4) is 22.6 Å². The van der Waals surface area contributed by atoms with Crippen LogP contribution in [0.4, 0.5) is 5.13 Å². The predicted molar refractivity (Wildman–Crippen MR) is 116 cm³/mol. The summed E-state index contributed by atoms with van der Waals surface area (Å²) in [4.78, 5) is 26.1. The van der Waals surface area contributed by atoms with Gasteiger partial charge in [0.1, 0.15) is 4.53 Å². The molecule has 5 aromatic rings. The summed E-state index contributed by atoms with van der Waals surface area (Å²) >= 11 is 8.65.